The number of carbonyl (C=O) groups excluding carboxylic acids is 1. The summed E-state index contributed by atoms with van der Waals surface area (Å²) in [6.07, 6.45) is 0.790. The van der Waals surface area contributed by atoms with Gasteiger partial charge in [-0.05, 0) is 36.2 Å². The molecule has 0 atom stereocenters. The number of hydrogen-bond acceptors (Lipinski definition) is 3. The minimum Gasteiger partial charge on any atom is -0.497 e. The van der Waals surface area contributed by atoms with Crippen LogP contribution in [0, 0.1) is 0 Å². The number of nitrogens with one attached hydrogen (secondary N) is 1. The quantitative estimate of drug-likeness (QED) is 0.854. The summed E-state index contributed by atoms with van der Waals surface area (Å²) in [5.74, 6) is 0.863. The van der Waals surface area contributed by atoms with E-state index in [-0.39, 0.29) is 5.91 Å². The number of para-hydroxylation sites is 1. The molecule has 0 saturated carbocycles. The van der Waals surface area contributed by atoms with E-state index in [1.807, 2.05) is 66.5 Å². The molecule has 0 spiro atoms. The summed E-state index contributed by atoms with van der Waals surface area (Å²) in [6.45, 7) is 0.969. The molecule has 0 radical (unpaired) electrons. The number of hydrogen-bond donors (Lipinski definition) is 1. The SMILES string of the molecule is COc1cccc(CCNC(=O)CN(C)c2ccccc2)c1. The lowest BCUT2D eigenvalue weighted by Crippen LogP contribution is -2.36. The van der Waals surface area contributed by atoms with Crippen LogP contribution in [0.15, 0.2) is 54.6 Å². The van der Waals surface area contributed by atoms with Gasteiger partial charge < -0.3 is 15.0 Å². The van der Waals surface area contributed by atoms with Gasteiger partial charge in [-0.25, -0.2) is 0 Å². The largest absolute Gasteiger partial charge is 0.497 e. The van der Waals surface area contributed by atoms with Crippen LogP contribution in [0.3, 0.4) is 0 Å². The maximum Gasteiger partial charge on any atom is 0.239 e. The molecule has 1 amide bonds. The molecule has 4 nitrogen and oxygen atoms in total. The Hall–Kier alpha value is -2.49. The van der Waals surface area contributed by atoms with Gasteiger partial charge in [-0.2, -0.15) is 0 Å². The highest BCUT2D eigenvalue weighted by molar-refractivity contribution is 5.81. The molecular formula is C18H22N2O2. The van der Waals surface area contributed by atoms with Gasteiger partial charge in [-0.1, -0.05) is 30.3 Å². The summed E-state index contributed by atoms with van der Waals surface area (Å²) in [7, 11) is 3.57. The van der Waals surface area contributed by atoms with Gasteiger partial charge in [0, 0.05) is 19.3 Å². The number of rotatable bonds is 7. The second kappa shape index (κ2) is 8.08. The first-order chi connectivity index (χ1) is 10.7. The molecule has 0 heterocycles. The molecule has 1 N–H and O–H groups in total. The Balaban J connectivity index is 1.76. The summed E-state index contributed by atoms with van der Waals surface area (Å²) >= 11 is 0. The zero-order valence-electron chi connectivity index (χ0n) is 13.1. The third kappa shape index (κ3) is 4.81. The number of likely N-dealkylation sites (N-methyl/N-ethyl adjacent to an activating group) is 1. The van der Waals surface area contributed by atoms with Crippen LogP contribution >= 0.6 is 0 Å². The number of benzene rings is 2. The molecule has 116 valence electrons. The van der Waals surface area contributed by atoms with E-state index in [2.05, 4.69) is 5.32 Å². The van der Waals surface area contributed by atoms with Crippen LogP contribution in [-0.4, -0.2) is 33.2 Å². The van der Waals surface area contributed by atoms with Crippen molar-refractivity contribution < 1.29 is 9.53 Å². The third-order valence-electron chi connectivity index (χ3n) is 3.45. The Labute approximate surface area is 131 Å². The predicted molar refractivity (Wildman–Crippen MR) is 89.4 cm³/mol. The fraction of sp³-hybridized carbons (Fsp3) is 0.278. The van der Waals surface area contributed by atoms with Crippen molar-refractivity contribution in [1.82, 2.24) is 5.32 Å². The van der Waals surface area contributed by atoms with E-state index >= 15 is 0 Å². The Kier molecular flexibility index (Phi) is 5.83. The van der Waals surface area contributed by atoms with Crippen molar-refractivity contribution >= 4 is 11.6 Å². The maximum atomic E-state index is 12.0. The Morgan fingerprint density at radius 3 is 2.64 bits per heavy atom. The smallest absolute Gasteiger partial charge is 0.239 e. The molecule has 2 aromatic rings. The molecule has 22 heavy (non-hydrogen) atoms. The van der Waals surface area contributed by atoms with E-state index in [0.29, 0.717) is 13.1 Å². The van der Waals surface area contributed by atoms with Gasteiger partial charge in [0.05, 0.1) is 13.7 Å². The van der Waals surface area contributed by atoms with Crippen LogP contribution in [-0.2, 0) is 11.2 Å². The lowest BCUT2D eigenvalue weighted by Gasteiger charge is -2.18. The highest BCUT2D eigenvalue weighted by atomic mass is 16.5. The van der Waals surface area contributed by atoms with Crippen LogP contribution in [0.2, 0.25) is 0 Å². The maximum absolute atomic E-state index is 12.0. The minimum absolute atomic E-state index is 0.0225. The predicted octanol–water partition coefficient (Wildman–Crippen LogP) is 2.49. The van der Waals surface area contributed by atoms with E-state index in [4.69, 9.17) is 4.74 Å². The molecule has 2 aromatic carbocycles. The number of ether oxygens (including phenoxy) is 1. The van der Waals surface area contributed by atoms with Crippen LogP contribution in [0.4, 0.5) is 5.69 Å². The van der Waals surface area contributed by atoms with Crippen molar-refractivity contribution in [2.45, 2.75) is 6.42 Å². The van der Waals surface area contributed by atoms with Crippen molar-refractivity contribution in [2.24, 2.45) is 0 Å². The van der Waals surface area contributed by atoms with Crippen molar-refractivity contribution in [3.63, 3.8) is 0 Å². The summed E-state index contributed by atoms with van der Waals surface area (Å²) in [5.41, 5.74) is 2.18. The van der Waals surface area contributed by atoms with E-state index in [1.165, 1.54) is 0 Å². The molecule has 2 rings (SSSR count). The topological polar surface area (TPSA) is 41.6 Å². The number of methoxy groups -OCH3 is 1. The first kappa shape index (κ1) is 15.9. The van der Waals surface area contributed by atoms with Crippen molar-refractivity contribution in [2.75, 3.05) is 32.1 Å². The van der Waals surface area contributed by atoms with Crippen molar-refractivity contribution in [3.8, 4) is 5.75 Å². The molecule has 0 aliphatic carbocycles. The first-order valence-corrected chi connectivity index (χ1v) is 7.35. The normalized spacial score (nSPS) is 10.1. The average molecular weight is 298 g/mol. The van der Waals surface area contributed by atoms with E-state index in [0.717, 1.165) is 23.4 Å². The van der Waals surface area contributed by atoms with Gasteiger partial charge >= 0.3 is 0 Å². The Morgan fingerprint density at radius 1 is 1.14 bits per heavy atom. The zero-order valence-corrected chi connectivity index (χ0v) is 13.1. The standard InChI is InChI=1S/C18H22N2O2/c1-20(16-8-4-3-5-9-16)14-18(21)19-12-11-15-7-6-10-17(13-15)22-2/h3-10,13H,11-12,14H2,1-2H3,(H,19,21). The summed E-state index contributed by atoms with van der Waals surface area (Å²) in [6, 6.07) is 17.8. The van der Waals surface area contributed by atoms with Crippen molar-refractivity contribution in [1.29, 1.82) is 0 Å². The highest BCUT2D eigenvalue weighted by Gasteiger charge is 2.06. The minimum atomic E-state index is 0.0225. The molecule has 0 fully saturated rings. The van der Waals surface area contributed by atoms with Gasteiger partial charge in [0.25, 0.3) is 0 Å². The van der Waals surface area contributed by atoms with E-state index < -0.39 is 0 Å². The van der Waals surface area contributed by atoms with Crippen LogP contribution < -0.4 is 15.0 Å². The number of amides is 1. The molecule has 0 unspecified atom stereocenters. The molecule has 0 aromatic heterocycles. The molecule has 0 bridgehead atoms. The number of nitrogens with zero attached hydrogens (tertiary/aromatic N) is 1. The lowest BCUT2D eigenvalue weighted by molar-refractivity contribution is -0.119. The lowest BCUT2D eigenvalue weighted by atomic mass is 10.1. The highest BCUT2D eigenvalue weighted by Crippen LogP contribution is 2.12. The summed E-state index contributed by atoms with van der Waals surface area (Å²) < 4.78 is 5.19. The Morgan fingerprint density at radius 2 is 1.91 bits per heavy atom. The van der Waals surface area contributed by atoms with Gasteiger partial charge in [0.1, 0.15) is 5.75 Å². The second-order valence-electron chi connectivity index (χ2n) is 5.14. The fourth-order valence-electron chi connectivity index (χ4n) is 2.22. The fourth-order valence-corrected chi connectivity index (χ4v) is 2.22. The molecule has 0 saturated heterocycles. The average Bonchev–Trinajstić information content (AvgIpc) is 2.56. The zero-order chi connectivity index (χ0) is 15.8. The van der Waals surface area contributed by atoms with E-state index in [9.17, 15) is 4.79 Å². The molecule has 0 aliphatic rings. The van der Waals surface area contributed by atoms with Crippen molar-refractivity contribution in [3.05, 3.63) is 60.2 Å². The van der Waals surface area contributed by atoms with Crippen LogP contribution in [0.1, 0.15) is 5.56 Å². The van der Waals surface area contributed by atoms with Gasteiger partial charge in [0.15, 0.2) is 0 Å². The summed E-state index contributed by atoms with van der Waals surface area (Å²) in [5, 5.41) is 2.95. The monoisotopic (exact) mass is 298 g/mol. The molecule has 4 heteroatoms. The number of carbonyl (C=O) groups is 1. The van der Waals surface area contributed by atoms with E-state index in [1.54, 1.807) is 7.11 Å². The first-order valence-electron chi connectivity index (χ1n) is 7.35. The molecule has 0 aliphatic heterocycles. The Bertz CT molecular complexity index is 599. The van der Waals surface area contributed by atoms with Crippen LogP contribution in [0.5, 0.6) is 5.75 Å². The van der Waals surface area contributed by atoms with Gasteiger partial charge in [0.2, 0.25) is 5.91 Å². The summed E-state index contributed by atoms with van der Waals surface area (Å²) in [4.78, 5) is 13.9. The van der Waals surface area contributed by atoms with Crippen LogP contribution in [0.25, 0.3) is 0 Å². The number of anilines is 1. The third-order valence-corrected chi connectivity index (χ3v) is 3.45. The molecular weight excluding hydrogens is 276 g/mol. The second-order valence-corrected chi connectivity index (χ2v) is 5.14. The van der Waals surface area contributed by atoms with Gasteiger partial charge in [-0.15, -0.1) is 0 Å². The van der Waals surface area contributed by atoms with Gasteiger partial charge in [-0.3, -0.25) is 4.79 Å².